The summed E-state index contributed by atoms with van der Waals surface area (Å²) in [5.74, 6) is 1.52. The molecule has 0 heterocycles. The molecular weight excluding hydrogens is 949 g/mol. The molecule has 0 amide bonds. The molecule has 75 heavy (non-hydrogen) atoms. The third-order valence-electron chi connectivity index (χ3n) is 12.2. The summed E-state index contributed by atoms with van der Waals surface area (Å²) in [4.78, 5) is 34.6. The average Bonchev–Trinajstić information content (AvgIpc) is 3.42. The van der Waals surface area contributed by atoms with Crippen LogP contribution in [0.3, 0.4) is 0 Å². The highest BCUT2D eigenvalue weighted by molar-refractivity contribution is 5.88. The second kappa shape index (κ2) is 44.8. The fourth-order valence-electron chi connectivity index (χ4n) is 7.95. The van der Waals surface area contributed by atoms with E-state index >= 15 is 0 Å². The summed E-state index contributed by atoms with van der Waals surface area (Å²) in [6.07, 6.45) is 33.6. The Morgan fingerprint density at radius 2 is 0.600 bits per heavy atom. The van der Waals surface area contributed by atoms with Crippen LogP contribution in [0.25, 0.3) is 18.2 Å². The minimum Gasteiger partial charge on any atom is -0.494 e. The van der Waals surface area contributed by atoms with Gasteiger partial charge in [0.05, 0.1) is 52.9 Å². The predicted octanol–water partition coefficient (Wildman–Crippen LogP) is 14.6. The van der Waals surface area contributed by atoms with Crippen molar-refractivity contribution in [3.63, 3.8) is 0 Å². The molecule has 0 aliphatic rings. The predicted molar refractivity (Wildman–Crippen MR) is 301 cm³/mol. The Labute approximate surface area is 450 Å². The zero-order valence-electron chi connectivity index (χ0n) is 46.0. The molecule has 0 bridgehead atoms. The van der Waals surface area contributed by atoms with Gasteiger partial charge in [-0.1, -0.05) is 133 Å². The SMILES string of the molecule is CCOC(=O)/C=C/c1ccc(OCCCCCCCCCOCC(COCCCCCCCCCOc2ccc(/C=C/C(=O)OCC)cc2)OCCCCCCCCCOc2ccc(/C=C/C(=O)OCC)cc2)cc1. The summed E-state index contributed by atoms with van der Waals surface area (Å²) in [6.45, 7) is 11.9. The molecule has 0 saturated carbocycles. The topological polar surface area (TPSA) is 134 Å². The quantitative estimate of drug-likeness (QED) is 0.0231. The largest absolute Gasteiger partial charge is 0.494 e. The third kappa shape index (κ3) is 35.5. The lowest BCUT2D eigenvalue weighted by atomic mass is 10.1. The van der Waals surface area contributed by atoms with Gasteiger partial charge < -0.3 is 42.6 Å². The highest BCUT2D eigenvalue weighted by atomic mass is 16.6. The van der Waals surface area contributed by atoms with Crippen molar-refractivity contribution in [3.8, 4) is 17.2 Å². The average molecular weight is 1040 g/mol. The zero-order valence-corrected chi connectivity index (χ0v) is 46.0. The standard InChI is InChI=1S/C63H92O12/c1-4-69-61(64)43-34-54-28-37-57(38-29-54)72-48-24-18-12-7-10-16-22-46-67-52-60(75-51-27-21-15-9-14-20-26-50-74-59-41-32-56(33-42-59)36-45-63(66)71-6-3)53-68-47-23-17-11-8-13-19-25-49-73-58-39-30-55(31-40-58)35-44-62(65)70-5-2/h28-45,60H,4-27,46-53H2,1-3H3/b43-34+,44-35+,45-36+. The van der Waals surface area contributed by atoms with Crippen molar-refractivity contribution >= 4 is 36.1 Å². The first-order valence-corrected chi connectivity index (χ1v) is 28.4. The van der Waals surface area contributed by atoms with Gasteiger partial charge in [0.2, 0.25) is 0 Å². The normalized spacial score (nSPS) is 11.5. The van der Waals surface area contributed by atoms with E-state index in [4.69, 9.17) is 42.6 Å². The molecule has 12 heteroatoms. The number of carbonyl (C=O) groups excluding carboxylic acids is 3. The summed E-state index contributed by atoms with van der Waals surface area (Å²) >= 11 is 0. The van der Waals surface area contributed by atoms with Crippen molar-refractivity contribution in [2.75, 3.05) is 72.7 Å². The van der Waals surface area contributed by atoms with E-state index in [-0.39, 0.29) is 24.0 Å². The van der Waals surface area contributed by atoms with E-state index < -0.39 is 0 Å². The molecule has 0 aromatic heterocycles. The number of unbranched alkanes of at least 4 members (excludes halogenated alkanes) is 18. The number of carbonyl (C=O) groups is 3. The molecule has 0 N–H and O–H groups in total. The Morgan fingerprint density at radius 3 is 0.880 bits per heavy atom. The van der Waals surface area contributed by atoms with Gasteiger partial charge in [0.15, 0.2) is 0 Å². The monoisotopic (exact) mass is 1040 g/mol. The van der Waals surface area contributed by atoms with Gasteiger partial charge in [0.1, 0.15) is 23.4 Å². The van der Waals surface area contributed by atoms with E-state index in [0.29, 0.717) is 52.9 Å². The minimum atomic E-state index is -0.336. The Balaban J connectivity index is 1.22. The van der Waals surface area contributed by atoms with Gasteiger partial charge in [0.25, 0.3) is 0 Å². The molecule has 3 rings (SSSR count). The van der Waals surface area contributed by atoms with Crippen LogP contribution >= 0.6 is 0 Å². The Hall–Kier alpha value is -5.43. The van der Waals surface area contributed by atoms with E-state index in [1.165, 1.54) is 76.0 Å². The number of hydrogen-bond acceptors (Lipinski definition) is 12. The van der Waals surface area contributed by atoms with Crippen LogP contribution < -0.4 is 14.2 Å². The minimum absolute atomic E-state index is 0.0519. The molecule has 416 valence electrons. The maximum Gasteiger partial charge on any atom is 0.330 e. The number of ether oxygens (including phenoxy) is 9. The highest BCUT2D eigenvalue weighted by Gasteiger charge is 2.11. The molecular formula is C63H92O12. The second-order valence-electron chi connectivity index (χ2n) is 18.6. The third-order valence-corrected chi connectivity index (χ3v) is 12.2. The summed E-state index contributed by atoms with van der Waals surface area (Å²) in [5, 5.41) is 0. The number of rotatable bonds is 47. The molecule has 0 unspecified atom stereocenters. The van der Waals surface area contributed by atoms with Crippen LogP contribution in [0.1, 0.15) is 172 Å². The maximum atomic E-state index is 11.5. The summed E-state index contributed by atoms with van der Waals surface area (Å²) in [7, 11) is 0. The molecule has 0 fully saturated rings. The molecule has 0 atom stereocenters. The molecule has 3 aromatic rings. The van der Waals surface area contributed by atoms with Crippen molar-refractivity contribution in [1.29, 1.82) is 0 Å². The first-order chi connectivity index (χ1) is 36.9. The second-order valence-corrected chi connectivity index (χ2v) is 18.6. The van der Waals surface area contributed by atoms with Gasteiger partial charge in [-0.15, -0.1) is 0 Å². The van der Waals surface area contributed by atoms with Crippen molar-refractivity contribution in [2.45, 2.75) is 162 Å². The highest BCUT2D eigenvalue weighted by Crippen LogP contribution is 2.18. The van der Waals surface area contributed by atoms with Gasteiger partial charge in [-0.3, -0.25) is 0 Å². The first-order valence-electron chi connectivity index (χ1n) is 28.4. The van der Waals surface area contributed by atoms with Crippen LogP contribution in [0, 0.1) is 0 Å². The van der Waals surface area contributed by atoms with E-state index in [1.54, 1.807) is 39.0 Å². The zero-order chi connectivity index (χ0) is 53.5. The van der Waals surface area contributed by atoms with Crippen molar-refractivity contribution in [1.82, 2.24) is 0 Å². The fourth-order valence-corrected chi connectivity index (χ4v) is 7.95. The van der Waals surface area contributed by atoms with E-state index in [9.17, 15) is 14.4 Å². The number of hydrogen-bond donors (Lipinski definition) is 0. The molecule has 0 saturated heterocycles. The van der Waals surface area contributed by atoms with Gasteiger partial charge >= 0.3 is 17.9 Å². The van der Waals surface area contributed by atoms with Gasteiger partial charge in [0, 0.05) is 38.0 Å². The van der Waals surface area contributed by atoms with Crippen LogP contribution in [0.2, 0.25) is 0 Å². The molecule has 0 spiro atoms. The summed E-state index contributed by atoms with van der Waals surface area (Å²) < 4.78 is 51.2. The van der Waals surface area contributed by atoms with Crippen molar-refractivity contribution in [2.24, 2.45) is 0 Å². The number of benzene rings is 3. The van der Waals surface area contributed by atoms with Crippen LogP contribution in [0.5, 0.6) is 17.2 Å². The summed E-state index contributed by atoms with van der Waals surface area (Å²) in [6, 6.07) is 23.3. The van der Waals surface area contributed by atoms with E-state index in [1.807, 2.05) is 72.8 Å². The molecule has 3 aromatic carbocycles. The van der Waals surface area contributed by atoms with Crippen LogP contribution in [-0.2, 0) is 42.8 Å². The molecule has 12 nitrogen and oxygen atoms in total. The molecule has 0 aliphatic carbocycles. The molecule has 0 aliphatic heterocycles. The number of esters is 3. The summed E-state index contributed by atoms with van der Waals surface area (Å²) in [5.41, 5.74) is 2.79. The van der Waals surface area contributed by atoms with Crippen LogP contribution in [-0.4, -0.2) is 96.7 Å². The molecule has 0 radical (unpaired) electrons. The van der Waals surface area contributed by atoms with E-state index in [0.717, 1.165) is 131 Å². The first kappa shape index (κ1) is 63.9. The van der Waals surface area contributed by atoms with Crippen LogP contribution in [0.15, 0.2) is 91.0 Å². The van der Waals surface area contributed by atoms with Gasteiger partial charge in [-0.05, 0) is 131 Å². The fraction of sp³-hybridized carbons (Fsp3) is 0.571. The Bertz CT molecular complexity index is 1860. The lowest BCUT2D eigenvalue weighted by Gasteiger charge is -2.18. The van der Waals surface area contributed by atoms with Crippen molar-refractivity contribution < 1.29 is 57.0 Å². The Morgan fingerprint density at radius 1 is 0.347 bits per heavy atom. The van der Waals surface area contributed by atoms with Gasteiger partial charge in [-0.25, -0.2) is 14.4 Å². The Kier molecular flexibility index (Phi) is 38.2. The van der Waals surface area contributed by atoms with E-state index in [2.05, 4.69) is 0 Å². The smallest absolute Gasteiger partial charge is 0.330 e. The lowest BCUT2D eigenvalue weighted by Crippen LogP contribution is -2.26. The van der Waals surface area contributed by atoms with Gasteiger partial charge in [-0.2, -0.15) is 0 Å². The lowest BCUT2D eigenvalue weighted by molar-refractivity contribution is -0.138. The van der Waals surface area contributed by atoms with Crippen LogP contribution in [0.4, 0.5) is 0 Å². The maximum absolute atomic E-state index is 11.5. The van der Waals surface area contributed by atoms with Crippen molar-refractivity contribution in [3.05, 3.63) is 108 Å².